The van der Waals surface area contributed by atoms with Crippen molar-refractivity contribution in [3.05, 3.63) is 30.0 Å². The topological polar surface area (TPSA) is 61.0 Å². The Balaban J connectivity index is 1.70. The van der Waals surface area contributed by atoms with E-state index in [4.69, 9.17) is 0 Å². The Morgan fingerprint density at radius 1 is 1.32 bits per heavy atom. The van der Waals surface area contributed by atoms with Crippen LogP contribution in [0.5, 0.6) is 0 Å². The van der Waals surface area contributed by atoms with Crippen molar-refractivity contribution < 1.29 is 4.79 Å². The molecule has 2 aromatic rings. The number of aromatic amines is 1. The molecule has 1 amide bonds. The largest absolute Gasteiger partial charge is 0.331 e. The molecular formula is C14H16N4O. The Bertz CT molecular complexity index is 627. The highest BCUT2D eigenvalue weighted by Crippen LogP contribution is 2.25. The van der Waals surface area contributed by atoms with Crippen molar-refractivity contribution in [2.24, 2.45) is 0 Å². The molecule has 2 bridgehead atoms. The summed E-state index contributed by atoms with van der Waals surface area (Å²) in [5, 5.41) is 11.5. The number of H-pyrrole nitrogens is 1. The number of nitrogens with zero attached hydrogens (tertiary/aromatic N) is 2. The highest BCUT2D eigenvalue weighted by Gasteiger charge is 2.37. The maximum absolute atomic E-state index is 12.7. The summed E-state index contributed by atoms with van der Waals surface area (Å²) in [5.41, 5.74) is 1.48. The van der Waals surface area contributed by atoms with Crippen LogP contribution in [0.15, 0.2) is 24.3 Å². The van der Waals surface area contributed by atoms with Gasteiger partial charge in [0, 0.05) is 30.6 Å². The fourth-order valence-corrected chi connectivity index (χ4v) is 3.22. The third-order valence-electron chi connectivity index (χ3n) is 4.28. The number of hydrogen-bond acceptors (Lipinski definition) is 3. The number of piperazine rings is 1. The quantitative estimate of drug-likeness (QED) is 0.804. The van der Waals surface area contributed by atoms with E-state index < -0.39 is 0 Å². The summed E-state index contributed by atoms with van der Waals surface area (Å²) < 4.78 is 0. The molecule has 0 spiro atoms. The molecule has 3 aliphatic heterocycles. The molecule has 1 aromatic carbocycles. The molecule has 3 saturated heterocycles. The molecule has 98 valence electrons. The van der Waals surface area contributed by atoms with Crippen molar-refractivity contribution in [2.45, 2.75) is 24.9 Å². The van der Waals surface area contributed by atoms with Crippen molar-refractivity contribution in [1.29, 1.82) is 0 Å². The Labute approximate surface area is 111 Å². The molecule has 1 aromatic heterocycles. The van der Waals surface area contributed by atoms with Crippen molar-refractivity contribution in [1.82, 2.24) is 20.4 Å². The van der Waals surface area contributed by atoms with Gasteiger partial charge in [-0.2, -0.15) is 5.10 Å². The molecule has 3 fully saturated rings. The van der Waals surface area contributed by atoms with Gasteiger partial charge in [0.2, 0.25) is 0 Å². The fraction of sp³-hybridized carbons (Fsp3) is 0.429. The van der Waals surface area contributed by atoms with Crippen LogP contribution in [-0.4, -0.2) is 46.2 Å². The Morgan fingerprint density at radius 2 is 2.21 bits per heavy atom. The van der Waals surface area contributed by atoms with Gasteiger partial charge in [0.1, 0.15) is 0 Å². The number of carbonyl (C=O) groups is 1. The molecule has 0 saturated carbocycles. The normalized spacial score (nSPS) is 26.0. The van der Waals surface area contributed by atoms with Crippen LogP contribution in [0.1, 0.15) is 23.3 Å². The third kappa shape index (κ3) is 1.65. The van der Waals surface area contributed by atoms with E-state index in [1.807, 2.05) is 29.2 Å². The molecule has 2 atom stereocenters. The van der Waals surface area contributed by atoms with Crippen LogP contribution < -0.4 is 5.32 Å². The standard InChI is InChI=1S/C14H16N4O/c19-14(18-8-9-5-6-10(18)7-15-9)13-11-3-1-2-4-12(11)16-17-13/h1-4,9-10,15H,5-8H2,(H,16,17). The lowest BCUT2D eigenvalue weighted by molar-refractivity contribution is 0.0437. The lowest BCUT2D eigenvalue weighted by Crippen LogP contribution is -2.62. The maximum atomic E-state index is 12.7. The van der Waals surface area contributed by atoms with Crippen LogP contribution in [0.2, 0.25) is 0 Å². The zero-order valence-electron chi connectivity index (χ0n) is 10.6. The highest BCUT2D eigenvalue weighted by atomic mass is 16.2. The van der Waals surface area contributed by atoms with Crippen LogP contribution in [0.25, 0.3) is 10.9 Å². The molecule has 4 heterocycles. The van der Waals surface area contributed by atoms with E-state index in [9.17, 15) is 4.79 Å². The molecule has 0 radical (unpaired) electrons. The summed E-state index contributed by atoms with van der Waals surface area (Å²) in [7, 11) is 0. The SMILES string of the molecule is O=C(c1n[nH]c2ccccc12)N1CC2CCC1CN2. The fourth-order valence-electron chi connectivity index (χ4n) is 3.22. The number of carbonyl (C=O) groups excluding carboxylic acids is 1. The predicted octanol–water partition coefficient (Wildman–Crippen LogP) is 1.14. The molecule has 5 heteroatoms. The number of fused-ring (bicyclic) bond motifs is 4. The van der Waals surface area contributed by atoms with Crippen molar-refractivity contribution in [2.75, 3.05) is 13.1 Å². The van der Waals surface area contributed by atoms with Crippen LogP contribution in [0.4, 0.5) is 0 Å². The van der Waals surface area contributed by atoms with Gasteiger partial charge < -0.3 is 10.2 Å². The average Bonchev–Trinajstić information content (AvgIpc) is 2.91. The molecule has 19 heavy (non-hydrogen) atoms. The van der Waals surface area contributed by atoms with Crippen molar-refractivity contribution >= 4 is 16.8 Å². The lowest BCUT2D eigenvalue weighted by Gasteiger charge is -2.45. The molecule has 3 aliphatic rings. The molecule has 5 nitrogen and oxygen atoms in total. The highest BCUT2D eigenvalue weighted by molar-refractivity contribution is 6.04. The van der Waals surface area contributed by atoms with Crippen LogP contribution in [-0.2, 0) is 0 Å². The van der Waals surface area contributed by atoms with Crippen LogP contribution >= 0.6 is 0 Å². The number of nitrogens with one attached hydrogen (secondary N) is 2. The number of rotatable bonds is 1. The van der Waals surface area contributed by atoms with Gasteiger partial charge in [-0.1, -0.05) is 18.2 Å². The van der Waals surface area contributed by atoms with Crippen molar-refractivity contribution in [3.63, 3.8) is 0 Å². The zero-order valence-corrected chi connectivity index (χ0v) is 10.6. The first kappa shape index (κ1) is 11.0. The van der Waals surface area contributed by atoms with E-state index in [1.165, 1.54) is 6.42 Å². The summed E-state index contributed by atoms with van der Waals surface area (Å²) in [6.45, 7) is 1.73. The minimum atomic E-state index is 0.0636. The lowest BCUT2D eigenvalue weighted by atomic mass is 9.92. The molecule has 5 rings (SSSR count). The Kier molecular flexibility index (Phi) is 2.35. The van der Waals surface area contributed by atoms with E-state index in [0.29, 0.717) is 17.8 Å². The van der Waals surface area contributed by atoms with Gasteiger partial charge in [-0.25, -0.2) is 0 Å². The number of amides is 1. The first-order valence-corrected chi connectivity index (χ1v) is 6.80. The van der Waals surface area contributed by atoms with E-state index in [1.54, 1.807) is 0 Å². The van der Waals surface area contributed by atoms with E-state index >= 15 is 0 Å². The number of hydrogen-bond donors (Lipinski definition) is 2. The summed E-state index contributed by atoms with van der Waals surface area (Å²) in [6.07, 6.45) is 2.28. The Morgan fingerprint density at radius 3 is 2.95 bits per heavy atom. The molecule has 2 unspecified atom stereocenters. The maximum Gasteiger partial charge on any atom is 0.275 e. The van der Waals surface area contributed by atoms with Gasteiger partial charge in [0.25, 0.3) is 5.91 Å². The van der Waals surface area contributed by atoms with Crippen LogP contribution in [0, 0.1) is 0 Å². The minimum Gasteiger partial charge on any atom is -0.331 e. The second kappa shape index (κ2) is 4.06. The summed E-state index contributed by atoms with van der Waals surface area (Å²) >= 11 is 0. The predicted molar refractivity (Wildman–Crippen MR) is 71.9 cm³/mol. The second-order valence-electron chi connectivity index (χ2n) is 5.41. The van der Waals surface area contributed by atoms with Gasteiger partial charge in [0.05, 0.1) is 5.52 Å². The zero-order chi connectivity index (χ0) is 12.8. The number of benzene rings is 1. The second-order valence-corrected chi connectivity index (χ2v) is 5.41. The third-order valence-corrected chi connectivity index (χ3v) is 4.28. The van der Waals surface area contributed by atoms with Gasteiger partial charge in [-0.3, -0.25) is 9.89 Å². The first-order valence-electron chi connectivity index (χ1n) is 6.80. The average molecular weight is 256 g/mol. The monoisotopic (exact) mass is 256 g/mol. The van der Waals surface area contributed by atoms with Gasteiger partial charge >= 0.3 is 0 Å². The van der Waals surface area contributed by atoms with E-state index in [2.05, 4.69) is 15.5 Å². The van der Waals surface area contributed by atoms with E-state index in [-0.39, 0.29) is 5.91 Å². The number of para-hydroxylation sites is 1. The summed E-state index contributed by atoms with van der Waals surface area (Å²) in [5.74, 6) is 0.0636. The van der Waals surface area contributed by atoms with Crippen molar-refractivity contribution in [3.8, 4) is 0 Å². The summed E-state index contributed by atoms with van der Waals surface area (Å²) in [4.78, 5) is 14.7. The van der Waals surface area contributed by atoms with E-state index in [0.717, 1.165) is 30.4 Å². The molecular weight excluding hydrogens is 240 g/mol. The minimum absolute atomic E-state index is 0.0636. The number of aromatic nitrogens is 2. The molecule has 0 aliphatic carbocycles. The van der Waals surface area contributed by atoms with Gasteiger partial charge in [-0.15, -0.1) is 0 Å². The smallest absolute Gasteiger partial charge is 0.275 e. The summed E-state index contributed by atoms with van der Waals surface area (Å²) in [6, 6.07) is 8.57. The van der Waals surface area contributed by atoms with Crippen LogP contribution in [0.3, 0.4) is 0 Å². The molecule has 2 N–H and O–H groups in total. The first-order chi connectivity index (χ1) is 9.33. The van der Waals surface area contributed by atoms with Gasteiger partial charge in [-0.05, 0) is 18.9 Å². The van der Waals surface area contributed by atoms with Gasteiger partial charge in [0.15, 0.2) is 5.69 Å². The Hall–Kier alpha value is -1.88. The number of piperidine rings is 2.